The summed E-state index contributed by atoms with van der Waals surface area (Å²) in [4.78, 5) is -0.891. The highest BCUT2D eigenvalue weighted by Gasteiger charge is 2.22. The van der Waals surface area contributed by atoms with E-state index in [4.69, 9.17) is 11.5 Å². The third-order valence-electron chi connectivity index (χ3n) is 7.21. The molecule has 0 bridgehead atoms. The molecule has 0 aliphatic heterocycles. The molecule has 0 aliphatic carbocycles. The van der Waals surface area contributed by atoms with Gasteiger partial charge in [-0.2, -0.15) is 27.1 Å². The Bertz CT molecular complexity index is 2260. The van der Waals surface area contributed by atoms with Gasteiger partial charge in [-0.1, -0.05) is 72.8 Å². The number of anilines is 2. The first-order valence-electron chi connectivity index (χ1n) is 13.5. The maximum absolute atomic E-state index is 12.1. The molecule has 12 nitrogen and oxygen atoms in total. The Labute approximate surface area is 263 Å². The molecule has 6 aromatic carbocycles. The molecular formula is C32H24N6O6S2. The van der Waals surface area contributed by atoms with Crippen LogP contribution < -0.4 is 11.5 Å². The highest BCUT2D eigenvalue weighted by Crippen LogP contribution is 2.40. The van der Waals surface area contributed by atoms with E-state index < -0.39 is 30.0 Å². The first-order valence-corrected chi connectivity index (χ1v) is 16.4. The highest BCUT2D eigenvalue weighted by molar-refractivity contribution is 7.86. The standard InChI is InChI=1S/C32H24N6O6S2/c33-29-25-7-3-1-5-21(25)17-27(45(39,40)41)31(29)37-35-23-13-9-19(10-14-23)20-11-15-24(16-12-20)36-38-32-28(46(42,43)44)18-22-6-2-4-8-26(22)30(32)34/h1-18H,33-34H2,(H,39,40,41)(H,42,43,44). The van der Waals surface area contributed by atoms with Gasteiger partial charge in [-0.3, -0.25) is 9.11 Å². The van der Waals surface area contributed by atoms with E-state index >= 15 is 0 Å². The van der Waals surface area contributed by atoms with Gasteiger partial charge >= 0.3 is 0 Å². The van der Waals surface area contributed by atoms with Crippen molar-refractivity contribution in [2.45, 2.75) is 9.79 Å². The lowest BCUT2D eigenvalue weighted by molar-refractivity contribution is 0.481. The zero-order valence-electron chi connectivity index (χ0n) is 23.7. The summed E-state index contributed by atoms with van der Waals surface area (Å²) < 4.78 is 67.8. The largest absolute Gasteiger partial charge is 0.396 e. The first-order chi connectivity index (χ1) is 21.9. The minimum absolute atomic E-state index is 0.0702. The fourth-order valence-corrected chi connectivity index (χ4v) is 6.27. The summed E-state index contributed by atoms with van der Waals surface area (Å²) in [5.41, 5.74) is 14.7. The molecule has 46 heavy (non-hydrogen) atoms. The Morgan fingerprint density at radius 3 is 1.17 bits per heavy atom. The van der Waals surface area contributed by atoms with Crippen LogP contribution in [0.15, 0.2) is 139 Å². The number of rotatable bonds is 7. The fraction of sp³-hybridized carbons (Fsp3) is 0. The van der Waals surface area contributed by atoms with Gasteiger partial charge in [0.15, 0.2) is 0 Å². The van der Waals surface area contributed by atoms with Crippen molar-refractivity contribution in [3.05, 3.63) is 109 Å². The average Bonchev–Trinajstić information content (AvgIpc) is 3.03. The minimum atomic E-state index is -4.63. The Morgan fingerprint density at radius 2 is 0.826 bits per heavy atom. The topological polar surface area (TPSA) is 210 Å². The normalized spacial score (nSPS) is 12.5. The van der Waals surface area contributed by atoms with Crippen molar-refractivity contribution < 1.29 is 25.9 Å². The lowest BCUT2D eigenvalue weighted by atomic mass is 10.1. The van der Waals surface area contributed by atoms with E-state index in [0.29, 0.717) is 32.9 Å². The quantitative estimate of drug-likeness (QED) is 0.0749. The summed E-state index contributed by atoms with van der Waals surface area (Å²) in [5.74, 6) is 0. The molecule has 14 heteroatoms. The number of nitrogens with zero attached hydrogens (tertiary/aromatic N) is 4. The number of azo groups is 2. The van der Waals surface area contributed by atoms with Crippen molar-refractivity contribution in [1.82, 2.24) is 0 Å². The van der Waals surface area contributed by atoms with Crippen LogP contribution in [0.5, 0.6) is 0 Å². The second-order valence-corrected chi connectivity index (χ2v) is 12.9. The number of fused-ring (bicyclic) bond motifs is 2. The van der Waals surface area contributed by atoms with Gasteiger partial charge in [0.1, 0.15) is 21.2 Å². The van der Waals surface area contributed by atoms with E-state index in [2.05, 4.69) is 20.5 Å². The number of nitrogen functional groups attached to an aromatic ring is 2. The van der Waals surface area contributed by atoms with Crippen molar-refractivity contribution >= 4 is 75.9 Å². The third kappa shape index (κ3) is 6.05. The molecule has 0 atom stereocenters. The van der Waals surface area contributed by atoms with Crippen molar-refractivity contribution in [3.63, 3.8) is 0 Å². The van der Waals surface area contributed by atoms with Gasteiger partial charge in [0.05, 0.1) is 22.7 Å². The summed E-state index contributed by atoms with van der Waals surface area (Å²) in [7, 11) is -9.26. The molecule has 6 N–H and O–H groups in total. The molecule has 0 saturated heterocycles. The van der Waals surface area contributed by atoms with Gasteiger partial charge in [0.25, 0.3) is 20.2 Å². The van der Waals surface area contributed by atoms with E-state index in [9.17, 15) is 25.9 Å². The highest BCUT2D eigenvalue weighted by atomic mass is 32.2. The van der Waals surface area contributed by atoms with Gasteiger partial charge in [0.2, 0.25) is 0 Å². The summed E-state index contributed by atoms with van der Waals surface area (Å²) in [5, 5.41) is 18.6. The van der Waals surface area contributed by atoms with Gasteiger partial charge in [0, 0.05) is 10.8 Å². The summed E-state index contributed by atoms with van der Waals surface area (Å²) in [6, 6.07) is 30.2. The van der Waals surface area contributed by atoms with Gasteiger partial charge in [-0.05, 0) is 58.3 Å². The molecule has 6 rings (SSSR count). The van der Waals surface area contributed by atoms with Gasteiger partial charge in [-0.15, -0.1) is 10.2 Å². The first kappa shape index (κ1) is 30.5. The zero-order chi connectivity index (χ0) is 32.6. The van der Waals surface area contributed by atoms with Crippen LogP contribution in [-0.4, -0.2) is 25.9 Å². The molecule has 0 aliphatic rings. The molecule has 0 aromatic heterocycles. The lowest BCUT2D eigenvalue weighted by Crippen LogP contribution is -2.01. The van der Waals surface area contributed by atoms with Crippen LogP contribution in [0.4, 0.5) is 34.1 Å². The molecule has 0 saturated carbocycles. The third-order valence-corrected chi connectivity index (χ3v) is 8.94. The second-order valence-electron chi connectivity index (χ2n) is 10.2. The molecule has 0 fully saturated rings. The lowest BCUT2D eigenvalue weighted by Gasteiger charge is -2.09. The van der Waals surface area contributed by atoms with Crippen molar-refractivity contribution in [2.24, 2.45) is 20.5 Å². The van der Waals surface area contributed by atoms with E-state index in [1.807, 2.05) is 0 Å². The van der Waals surface area contributed by atoms with Crippen molar-refractivity contribution in [2.75, 3.05) is 11.5 Å². The number of nitrogens with two attached hydrogens (primary N) is 2. The zero-order valence-corrected chi connectivity index (χ0v) is 25.3. The van der Waals surface area contributed by atoms with Crippen LogP contribution in [-0.2, 0) is 20.2 Å². The minimum Gasteiger partial charge on any atom is -0.396 e. The van der Waals surface area contributed by atoms with E-state index in [-0.39, 0.29) is 22.7 Å². The molecule has 0 radical (unpaired) electrons. The Balaban J connectivity index is 1.25. The monoisotopic (exact) mass is 652 g/mol. The average molecular weight is 653 g/mol. The molecule has 0 heterocycles. The van der Waals surface area contributed by atoms with Crippen LogP contribution in [0.25, 0.3) is 32.7 Å². The Hall–Kier alpha value is -5.54. The molecule has 6 aromatic rings. The van der Waals surface area contributed by atoms with Gasteiger partial charge < -0.3 is 11.5 Å². The maximum Gasteiger partial charge on any atom is 0.296 e. The summed E-state index contributed by atoms with van der Waals surface area (Å²) in [6.45, 7) is 0. The number of hydrogen-bond donors (Lipinski definition) is 4. The SMILES string of the molecule is Nc1c(N=Nc2ccc(-c3ccc(N=Nc4c(S(=O)(=O)O)cc5ccccc5c4N)cc3)cc2)c(S(=O)(=O)O)cc2ccccc12. The van der Waals surface area contributed by atoms with Crippen molar-refractivity contribution in [1.29, 1.82) is 0 Å². The summed E-state index contributed by atoms with van der Waals surface area (Å²) >= 11 is 0. The Kier molecular flexibility index (Phi) is 7.79. The molecular weight excluding hydrogens is 629 g/mol. The summed E-state index contributed by atoms with van der Waals surface area (Å²) in [6.07, 6.45) is 0. The fourth-order valence-electron chi connectivity index (χ4n) is 4.93. The smallest absolute Gasteiger partial charge is 0.296 e. The molecule has 0 spiro atoms. The van der Waals surface area contributed by atoms with E-state index in [0.717, 1.165) is 11.1 Å². The van der Waals surface area contributed by atoms with E-state index in [1.54, 1.807) is 97.1 Å². The molecule has 230 valence electrons. The number of hydrogen-bond acceptors (Lipinski definition) is 10. The van der Waals surface area contributed by atoms with Gasteiger partial charge in [-0.25, -0.2) is 0 Å². The molecule has 0 unspecified atom stereocenters. The van der Waals surface area contributed by atoms with Crippen LogP contribution >= 0.6 is 0 Å². The van der Waals surface area contributed by atoms with Crippen molar-refractivity contribution in [3.8, 4) is 11.1 Å². The van der Waals surface area contributed by atoms with Crippen LogP contribution in [0.1, 0.15) is 0 Å². The van der Waals surface area contributed by atoms with Crippen LogP contribution in [0.3, 0.4) is 0 Å². The second kappa shape index (κ2) is 11.8. The molecule has 0 amide bonds. The predicted molar refractivity (Wildman–Crippen MR) is 177 cm³/mol. The van der Waals surface area contributed by atoms with Crippen LogP contribution in [0.2, 0.25) is 0 Å². The van der Waals surface area contributed by atoms with Crippen LogP contribution in [0, 0.1) is 0 Å². The maximum atomic E-state index is 12.1. The van der Waals surface area contributed by atoms with E-state index in [1.165, 1.54) is 12.1 Å². The number of benzene rings is 6. The Morgan fingerprint density at radius 1 is 0.478 bits per heavy atom. The predicted octanol–water partition coefficient (Wildman–Crippen LogP) is 8.15.